The predicted molar refractivity (Wildman–Crippen MR) is 124 cm³/mol. The second-order valence-corrected chi connectivity index (χ2v) is 8.61. The number of benzene rings is 1. The fraction of sp³-hybridized carbons (Fsp3) is 0.250. The molecule has 0 spiro atoms. The van der Waals surface area contributed by atoms with Crippen LogP contribution in [0.15, 0.2) is 53.5 Å². The molecule has 1 N–H and O–H groups in total. The average molecular weight is 450 g/mol. The molecule has 3 aromatic heterocycles. The molecule has 0 bridgehead atoms. The Morgan fingerprint density at radius 2 is 1.94 bits per heavy atom. The second kappa shape index (κ2) is 8.92. The van der Waals surface area contributed by atoms with E-state index in [0.29, 0.717) is 20.7 Å². The molecule has 164 valence electrons. The number of amides is 1. The third kappa shape index (κ3) is 4.27. The molecule has 0 aliphatic carbocycles. The molecule has 1 amide bonds. The summed E-state index contributed by atoms with van der Waals surface area (Å²) in [6, 6.07) is 12.3. The van der Waals surface area contributed by atoms with Crippen LogP contribution in [-0.2, 0) is 9.53 Å². The number of aromatic nitrogens is 2. The van der Waals surface area contributed by atoms with Gasteiger partial charge in [0.2, 0.25) is 0 Å². The average Bonchev–Trinajstić information content (AvgIpc) is 3.20. The van der Waals surface area contributed by atoms with Crippen molar-refractivity contribution in [1.29, 1.82) is 0 Å². The largest absolute Gasteiger partial charge is 0.466 e. The number of esters is 1. The van der Waals surface area contributed by atoms with Gasteiger partial charge in [-0.2, -0.15) is 0 Å². The zero-order chi connectivity index (χ0) is 22.8. The highest BCUT2D eigenvalue weighted by Gasteiger charge is 2.22. The van der Waals surface area contributed by atoms with Crippen molar-refractivity contribution in [2.75, 3.05) is 6.61 Å². The summed E-state index contributed by atoms with van der Waals surface area (Å²) in [5, 5.41) is 3.32. The predicted octanol–water partition coefficient (Wildman–Crippen LogP) is 3.95. The van der Waals surface area contributed by atoms with Crippen molar-refractivity contribution in [2.45, 2.75) is 33.2 Å². The zero-order valence-corrected chi connectivity index (χ0v) is 18.9. The molecule has 7 nitrogen and oxygen atoms in total. The monoisotopic (exact) mass is 449 g/mol. The summed E-state index contributed by atoms with van der Waals surface area (Å²) in [6.07, 6.45) is 1.68. The molecule has 32 heavy (non-hydrogen) atoms. The number of carbonyl (C=O) groups is 2. The van der Waals surface area contributed by atoms with E-state index < -0.39 is 12.0 Å². The number of ether oxygens (including phenoxy) is 1. The Kier molecular flexibility index (Phi) is 6.05. The molecule has 0 fully saturated rings. The van der Waals surface area contributed by atoms with E-state index in [1.165, 1.54) is 4.40 Å². The van der Waals surface area contributed by atoms with E-state index in [9.17, 15) is 14.4 Å². The van der Waals surface area contributed by atoms with Gasteiger partial charge in [-0.1, -0.05) is 35.9 Å². The van der Waals surface area contributed by atoms with E-state index in [0.717, 1.165) is 28.0 Å². The Morgan fingerprint density at radius 3 is 2.66 bits per heavy atom. The first kappa shape index (κ1) is 21.7. The van der Waals surface area contributed by atoms with Gasteiger partial charge in [-0.05, 0) is 44.0 Å². The zero-order valence-electron chi connectivity index (χ0n) is 18.0. The van der Waals surface area contributed by atoms with Gasteiger partial charge in [0, 0.05) is 6.20 Å². The number of hydrogen-bond acceptors (Lipinski definition) is 6. The summed E-state index contributed by atoms with van der Waals surface area (Å²) in [7, 11) is 0. The maximum absolute atomic E-state index is 13.1. The molecule has 0 aliphatic rings. The van der Waals surface area contributed by atoms with Crippen LogP contribution < -0.4 is 10.9 Å². The SMILES string of the molecule is CCOC(=O)C[C@@H](NC(=O)c1cc2c(=O)n3cccc(C)c3nc2s1)c1ccc(C)cc1. The first-order valence-corrected chi connectivity index (χ1v) is 11.1. The first-order valence-electron chi connectivity index (χ1n) is 10.3. The number of nitrogens with zero attached hydrogens (tertiary/aromatic N) is 2. The van der Waals surface area contributed by atoms with Gasteiger partial charge in [-0.25, -0.2) is 4.98 Å². The Bertz CT molecular complexity index is 1370. The second-order valence-electron chi connectivity index (χ2n) is 7.58. The molecule has 0 saturated carbocycles. The van der Waals surface area contributed by atoms with Crippen LogP contribution >= 0.6 is 11.3 Å². The van der Waals surface area contributed by atoms with Gasteiger partial charge < -0.3 is 10.1 Å². The normalized spacial score (nSPS) is 12.1. The fourth-order valence-corrected chi connectivity index (χ4v) is 4.46. The van der Waals surface area contributed by atoms with Crippen LogP contribution in [0.3, 0.4) is 0 Å². The van der Waals surface area contributed by atoms with Gasteiger partial charge >= 0.3 is 5.97 Å². The minimum Gasteiger partial charge on any atom is -0.466 e. The summed E-state index contributed by atoms with van der Waals surface area (Å²) in [6.45, 7) is 5.87. The Balaban J connectivity index is 1.68. The van der Waals surface area contributed by atoms with Crippen LogP contribution in [0, 0.1) is 13.8 Å². The van der Waals surface area contributed by atoms with Gasteiger partial charge in [0.1, 0.15) is 10.5 Å². The summed E-state index contributed by atoms with van der Waals surface area (Å²) in [5.74, 6) is -0.760. The summed E-state index contributed by atoms with van der Waals surface area (Å²) >= 11 is 1.16. The van der Waals surface area contributed by atoms with Gasteiger partial charge in [-0.15, -0.1) is 11.3 Å². The van der Waals surface area contributed by atoms with Crippen molar-refractivity contribution in [3.05, 3.63) is 80.6 Å². The number of fused-ring (bicyclic) bond motifs is 2. The minimum absolute atomic E-state index is 0.0114. The van der Waals surface area contributed by atoms with Crippen molar-refractivity contribution in [3.8, 4) is 0 Å². The molecule has 0 unspecified atom stereocenters. The number of rotatable bonds is 6. The van der Waals surface area contributed by atoms with Crippen molar-refractivity contribution < 1.29 is 14.3 Å². The molecule has 0 saturated heterocycles. The summed E-state index contributed by atoms with van der Waals surface area (Å²) < 4.78 is 6.57. The Hall–Kier alpha value is -3.52. The van der Waals surface area contributed by atoms with Crippen LogP contribution in [0.4, 0.5) is 0 Å². The lowest BCUT2D eigenvalue weighted by molar-refractivity contribution is -0.143. The van der Waals surface area contributed by atoms with E-state index >= 15 is 0 Å². The van der Waals surface area contributed by atoms with Crippen LogP contribution in [0.5, 0.6) is 0 Å². The highest BCUT2D eigenvalue weighted by atomic mass is 32.1. The van der Waals surface area contributed by atoms with Gasteiger partial charge in [0.05, 0.1) is 29.3 Å². The molecule has 1 aromatic carbocycles. The number of pyridine rings is 1. The lowest BCUT2D eigenvalue weighted by Crippen LogP contribution is -2.30. The van der Waals surface area contributed by atoms with Crippen molar-refractivity contribution in [3.63, 3.8) is 0 Å². The maximum atomic E-state index is 13.1. The smallest absolute Gasteiger partial charge is 0.308 e. The third-order valence-corrected chi connectivity index (χ3v) is 6.24. The van der Waals surface area contributed by atoms with Gasteiger partial charge in [0.25, 0.3) is 11.5 Å². The molecular weight excluding hydrogens is 426 g/mol. The fourth-order valence-electron chi connectivity index (χ4n) is 3.54. The quantitative estimate of drug-likeness (QED) is 0.450. The highest BCUT2D eigenvalue weighted by molar-refractivity contribution is 7.20. The molecule has 4 rings (SSSR count). The van der Waals surface area contributed by atoms with Gasteiger partial charge in [0.15, 0.2) is 0 Å². The topological polar surface area (TPSA) is 89.8 Å². The molecule has 0 radical (unpaired) electrons. The first-order chi connectivity index (χ1) is 15.4. The Labute approximate surface area is 188 Å². The molecule has 4 aromatic rings. The number of aryl methyl sites for hydroxylation is 2. The van der Waals surface area contributed by atoms with Gasteiger partial charge in [-0.3, -0.25) is 18.8 Å². The van der Waals surface area contributed by atoms with Crippen molar-refractivity contribution >= 4 is 39.1 Å². The number of thiophene rings is 1. The molecular formula is C24H23N3O4S. The van der Waals surface area contributed by atoms with Crippen molar-refractivity contribution in [1.82, 2.24) is 14.7 Å². The number of nitrogens with one attached hydrogen (secondary N) is 1. The highest BCUT2D eigenvalue weighted by Crippen LogP contribution is 2.25. The molecule has 8 heteroatoms. The summed E-state index contributed by atoms with van der Waals surface area (Å²) in [5.41, 5.74) is 3.11. The van der Waals surface area contributed by atoms with Crippen LogP contribution in [0.1, 0.15) is 45.7 Å². The van der Waals surface area contributed by atoms with E-state index in [1.807, 2.05) is 44.2 Å². The Morgan fingerprint density at radius 1 is 1.19 bits per heavy atom. The number of carbonyl (C=O) groups excluding carboxylic acids is 2. The van der Waals surface area contributed by atoms with Crippen LogP contribution in [0.2, 0.25) is 0 Å². The van der Waals surface area contributed by atoms with E-state index in [-0.39, 0.29) is 24.5 Å². The lowest BCUT2D eigenvalue weighted by Gasteiger charge is -2.18. The van der Waals surface area contributed by atoms with Crippen molar-refractivity contribution in [2.24, 2.45) is 0 Å². The molecule has 3 heterocycles. The number of hydrogen-bond donors (Lipinski definition) is 1. The van der Waals surface area contributed by atoms with E-state index in [1.54, 1.807) is 25.3 Å². The van der Waals surface area contributed by atoms with Crippen LogP contribution in [0.25, 0.3) is 15.9 Å². The summed E-state index contributed by atoms with van der Waals surface area (Å²) in [4.78, 5) is 43.6. The standard InChI is InChI=1S/C24H23N3O4S/c1-4-31-20(28)13-18(16-9-7-14(2)8-10-16)25-22(29)19-12-17-23(32-19)26-21-15(3)6-5-11-27(21)24(17)30/h5-12,18H,4,13H2,1-3H3,(H,25,29)/t18-/m1/s1. The van der Waals surface area contributed by atoms with Crippen LogP contribution in [-0.4, -0.2) is 27.9 Å². The van der Waals surface area contributed by atoms with E-state index in [4.69, 9.17) is 4.74 Å². The lowest BCUT2D eigenvalue weighted by atomic mass is 10.0. The molecule has 0 aliphatic heterocycles. The maximum Gasteiger partial charge on any atom is 0.308 e. The molecule has 1 atom stereocenters. The van der Waals surface area contributed by atoms with E-state index in [2.05, 4.69) is 10.3 Å². The third-order valence-electron chi connectivity index (χ3n) is 5.22. The minimum atomic E-state index is -0.553.